The average Bonchev–Trinajstić information content (AvgIpc) is 3.40. The highest BCUT2D eigenvalue weighted by Gasteiger charge is 2.55. The molecule has 2 amide bonds. The van der Waals surface area contributed by atoms with Gasteiger partial charge in [0.2, 0.25) is 0 Å². The Labute approximate surface area is 179 Å². The number of hydrogen-bond acceptors (Lipinski definition) is 10. The number of aliphatic carboxylic acids is 1. The van der Waals surface area contributed by atoms with E-state index in [9.17, 15) is 19.5 Å². The number of thioether (sulfide) groups is 1. The van der Waals surface area contributed by atoms with Crippen LogP contribution in [0.25, 0.3) is 0 Å². The predicted molar refractivity (Wildman–Crippen MR) is 109 cm³/mol. The van der Waals surface area contributed by atoms with Gasteiger partial charge in [-0.2, -0.15) is 0 Å². The first-order valence-corrected chi connectivity index (χ1v) is 11.0. The van der Waals surface area contributed by atoms with Crippen molar-refractivity contribution in [3.8, 4) is 0 Å². The number of carboxylic acids is 1. The second kappa shape index (κ2) is 8.24. The number of amides is 2. The third-order valence-electron chi connectivity index (χ3n) is 4.97. The summed E-state index contributed by atoms with van der Waals surface area (Å²) in [5, 5.41) is 17.3. The van der Waals surface area contributed by atoms with E-state index >= 15 is 0 Å². The molecule has 1 unspecified atom stereocenters. The molecule has 0 saturated carbocycles. The number of nitrogen functional groups attached to an aromatic ring is 1. The number of fused-ring (bicyclic) bond motifs is 1. The number of anilines is 1. The van der Waals surface area contributed by atoms with E-state index in [1.54, 1.807) is 5.38 Å². The fourth-order valence-corrected chi connectivity index (χ4v) is 5.60. The van der Waals surface area contributed by atoms with Crippen LogP contribution in [0, 0.1) is 0 Å². The topological polar surface area (TPSA) is 156 Å². The summed E-state index contributed by atoms with van der Waals surface area (Å²) >= 11 is 2.53. The molecule has 0 spiro atoms. The van der Waals surface area contributed by atoms with Crippen molar-refractivity contribution in [2.75, 3.05) is 25.2 Å². The van der Waals surface area contributed by atoms with Gasteiger partial charge < -0.3 is 25.7 Å². The number of carboxylic acid groups (broad SMARTS) is 1. The molecular formula is C17H19N5O6S2. The lowest BCUT2D eigenvalue weighted by atomic mass is 9.99. The molecule has 2 fully saturated rings. The Balaban J connectivity index is 1.53. The Morgan fingerprint density at radius 2 is 2.30 bits per heavy atom. The van der Waals surface area contributed by atoms with E-state index in [1.165, 1.54) is 23.8 Å². The van der Waals surface area contributed by atoms with Crippen LogP contribution in [0.4, 0.5) is 5.13 Å². The lowest BCUT2D eigenvalue weighted by Gasteiger charge is -2.49. The van der Waals surface area contributed by atoms with E-state index in [1.807, 2.05) is 0 Å². The van der Waals surface area contributed by atoms with Crippen molar-refractivity contribution in [3.63, 3.8) is 0 Å². The Hall–Kier alpha value is -2.64. The second-order valence-corrected chi connectivity index (χ2v) is 8.73. The number of hydrogen-bond donors (Lipinski definition) is 3. The summed E-state index contributed by atoms with van der Waals surface area (Å²) in [5.74, 6) is -1.92. The minimum atomic E-state index is -1.18. The van der Waals surface area contributed by atoms with E-state index in [4.69, 9.17) is 15.3 Å². The molecule has 0 bridgehead atoms. The third-order valence-corrected chi connectivity index (χ3v) is 6.94. The lowest BCUT2D eigenvalue weighted by molar-refractivity contribution is -0.150. The third kappa shape index (κ3) is 3.52. The highest BCUT2D eigenvalue weighted by atomic mass is 32.2. The summed E-state index contributed by atoms with van der Waals surface area (Å²) < 4.78 is 5.63. The molecule has 2 saturated heterocycles. The summed E-state index contributed by atoms with van der Waals surface area (Å²) in [6.07, 6.45) is 1.29. The summed E-state index contributed by atoms with van der Waals surface area (Å²) in [7, 11) is 1.28. The van der Waals surface area contributed by atoms with Gasteiger partial charge in [-0.05, 0) is 18.4 Å². The Bertz CT molecular complexity index is 954. The summed E-state index contributed by atoms with van der Waals surface area (Å²) in [5.41, 5.74) is 6.29. The van der Waals surface area contributed by atoms with Crippen LogP contribution >= 0.6 is 23.1 Å². The molecule has 13 heteroatoms. The van der Waals surface area contributed by atoms with E-state index in [-0.39, 0.29) is 28.3 Å². The average molecular weight is 454 g/mol. The van der Waals surface area contributed by atoms with E-state index in [0.29, 0.717) is 17.9 Å². The predicted octanol–water partition coefficient (Wildman–Crippen LogP) is -0.00660. The monoisotopic (exact) mass is 453 g/mol. The molecule has 11 nitrogen and oxygen atoms in total. The molecule has 0 aliphatic carbocycles. The first-order valence-electron chi connectivity index (χ1n) is 9.08. The van der Waals surface area contributed by atoms with Crippen molar-refractivity contribution in [3.05, 3.63) is 22.3 Å². The SMILES string of the molecule is CO/N=C(\C(=O)N[C@@H]1C(=O)N2C(C(=O)O)=C(C3CCCO3)CS[C@H]12)c1csc(N)n1. The molecule has 1 aromatic heterocycles. The van der Waals surface area contributed by atoms with Gasteiger partial charge in [-0.15, -0.1) is 23.1 Å². The normalized spacial score (nSPS) is 26.3. The maximum atomic E-state index is 12.8. The summed E-state index contributed by atoms with van der Waals surface area (Å²) in [6, 6.07) is -0.888. The fourth-order valence-electron chi connectivity index (χ4n) is 3.64. The largest absolute Gasteiger partial charge is 0.477 e. The second-order valence-electron chi connectivity index (χ2n) is 6.74. The maximum absolute atomic E-state index is 12.8. The zero-order valence-corrected chi connectivity index (χ0v) is 17.5. The van der Waals surface area contributed by atoms with Gasteiger partial charge in [-0.25, -0.2) is 9.78 Å². The highest BCUT2D eigenvalue weighted by Crippen LogP contribution is 2.42. The van der Waals surface area contributed by atoms with Crippen LogP contribution in [0.5, 0.6) is 0 Å². The van der Waals surface area contributed by atoms with Crippen molar-refractivity contribution in [1.29, 1.82) is 0 Å². The highest BCUT2D eigenvalue weighted by molar-refractivity contribution is 8.00. The van der Waals surface area contributed by atoms with Crippen LogP contribution in [-0.4, -0.2) is 75.5 Å². The molecule has 0 aromatic carbocycles. The minimum absolute atomic E-state index is 0.0424. The molecule has 0 radical (unpaired) electrons. The number of thiazole rings is 1. The van der Waals surface area contributed by atoms with Gasteiger partial charge in [-0.1, -0.05) is 5.16 Å². The number of nitrogens with zero attached hydrogens (tertiary/aromatic N) is 3. The molecule has 3 aliphatic heterocycles. The van der Waals surface area contributed by atoms with Gasteiger partial charge in [0.1, 0.15) is 29.9 Å². The van der Waals surface area contributed by atoms with E-state index < -0.39 is 29.2 Å². The van der Waals surface area contributed by atoms with Gasteiger partial charge in [0.05, 0.1) is 6.10 Å². The molecular weight excluding hydrogens is 434 g/mol. The van der Waals surface area contributed by atoms with Gasteiger partial charge in [0.25, 0.3) is 11.8 Å². The van der Waals surface area contributed by atoms with Crippen LogP contribution in [-0.2, 0) is 24.0 Å². The number of ether oxygens (including phenoxy) is 1. The number of β-lactam (4-membered cyclic amide) rings is 1. The number of nitrogens with one attached hydrogen (secondary N) is 1. The Morgan fingerprint density at radius 1 is 1.50 bits per heavy atom. The fraction of sp³-hybridized carbons (Fsp3) is 0.471. The summed E-state index contributed by atoms with van der Waals surface area (Å²) in [6.45, 7) is 0.574. The molecule has 160 valence electrons. The smallest absolute Gasteiger partial charge is 0.352 e. The van der Waals surface area contributed by atoms with Crippen LogP contribution < -0.4 is 11.1 Å². The molecule has 4 rings (SSSR count). The van der Waals surface area contributed by atoms with Crippen molar-refractivity contribution >= 4 is 51.7 Å². The zero-order valence-electron chi connectivity index (χ0n) is 15.9. The lowest BCUT2D eigenvalue weighted by Crippen LogP contribution is -2.71. The van der Waals surface area contributed by atoms with Crippen molar-refractivity contribution in [2.45, 2.75) is 30.4 Å². The molecule has 1 aromatic rings. The molecule has 4 N–H and O–H groups in total. The number of rotatable bonds is 6. The maximum Gasteiger partial charge on any atom is 0.352 e. The minimum Gasteiger partial charge on any atom is -0.477 e. The first-order chi connectivity index (χ1) is 14.4. The van der Waals surface area contributed by atoms with Gasteiger partial charge in [0, 0.05) is 17.7 Å². The van der Waals surface area contributed by atoms with Crippen LogP contribution in [0.15, 0.2) is 21.8 Å². The summed E-state index contributed by atoms with van der Waals surface area (Å²) in [4.78, 5) is 47.4. The number of oxime groups is 1. The van der Waals surface area contributed by atoms with Crippen LogP contribution in [0.2, 0.25) is 0 Å². The molecule has 3 aliphatic rings. The first kappa shape index (κ1) is 20.6. The van der Waals surface area contributed by atoms with Crippen molar-refractivity contribution < 1.29 is 29.1 Å². The van der Waals surface area contributed by atoms with Gasteiger partial charge in [0.15, 0.2) is 10.8 Å². The van der Waals surface area contributed by atoms with E-state index in [0.717, 1.165) is 24.2 Å². The Kier molecular flexibility index (Phi) is 5.66. The molecule has 3 atom stereocenters. The van der Waals surface area contributed by atoms with Gasteiger partial charge >= 0.3 is 5.97 Å². The number of carbonyl (C=O) groups excluding carboxylic acids is 2. The number of carbonyl (C=O) groups is 3. The number of aromatic nitrogens is 1. The van der Waals surface area contributed by atoms with Crippen molar-refractivity contribution in [1.82, 2.24) is 15.2 Å². The standard InChI is InChI=1S/C17H19N5O6S2/c1-27-21-10(8-6-30-17(18)19-8)13(23)20-11-14(24)22-12(16(25)26)7(5-29-15(11)22)9-3-2-4-28-9/h6,9,11,15H,2-5H2,1H3,(H2,18,19)(H,20,23)(H,25,26)/b21-10-/t9?,11-,15-/m1/s1. The van der Waals surface area contributed by atoms with Crippen LogP contribution in [0.3, 0.4) is 0 Å². The van der Waals surface area contributed by atoms with Crippen LogP contribution in [0.1, 0.15) is 18.5 Å². The number of nitrogens with two attached hydrogens (primary N) is 1. The van der Waals surface area contributed by atoms with Gasteiger partial charge in [-0.3, -0.25) is 14.5 Å². The Morgan fingerprint density at radius 3 is 2.90 bits per heavy atom. The molecule has 4 heterocycles. The quantitative estimate of drug-likeness (QED) is 0.306. The molecule has 30 heavy (non-hydrogen) atoms. The van der Waals surface area contributed by atoms with Crippen molar-refractivity contribution in [2.24, 2.45) is 5.16 Å². The zero-order chi connectivity index (χ0) is 21.4. The van der Waals surface area contributed by atoms with E-state index in [2.05, 4.69) is 15.5 Å².